The summed E-state index contributed by atoms with van der Waals surface area (Å²) >= 11 is 5.21. The maximum Gasteiger partial charge on any atom is 0.195 e. The molecular weight excluding hydrogens is 192 g/mol. The van der Waals surface area contributed by atoms with Gasteiger partial charge in [-0.05, 0) is 24.6 Å². The molecule has 14 heavy (non-hydrogen) atoms. The Hall–Kier alpha value is -0.440. The molecule has 3 heteroatoms. The van der Waals surface area contributed by atoms with E-state index in [2.05, 4.69) is 30.7 Å². The lowest BCUT2D eigenvalue weighted by Crippen LogP contribution is -2.38. The van der Waals surface area contributed by atoms with Crippen LogP contribution < -0.4 is 0 Å². The maximum absolute atomic E-state index is 5.21. The van der Waals surface area contributed by atoms with Crippen molar-refractivity contribution in [2.45, 2.75) is 46.1 Å². The maximum atomic E-state index is 5.21. The lowest BCUT2D eigenvalue weighted by molar-refractivity contribution is 0.323. The third-order valence-corrected chi connectivity index (χ3v) is 2.97. The number of hydrogen-bond acceptors (Lipinski definition) is 1. The number of aliphatic imine (C=N–C) groups is 1. The second-order valence-corrected chi connectivity index (χ2v) is 4.56. The Morgan fingerprint density at radius 2 is 2.21 bits per heavy atom. The highest BCUT2D eigenvalue weighted by Crippen LogP contribution is 2.17. The molecule has 1 unspecified atom stereocenters. The van der Waals surface area contributed by atoms with Gasteiger partial charge in [0.25, 0.3) is 0 Å². The standard InChI is InChI=1S/C11H20N2S/c1-4-5-6-7-13-10(9(2)3)8-12-11(13)14/h8-10H,4-7H2,1-3H3. The van der Waals surface area contributed by atoms with Crippen molar-refractivity contribution in [1.82, 2.24) is 4.90 Å². The summed E-state index contributed by atoms with van der Waals surface area (Å²) in [6.07, 6.45) is 5.76. The quantitative estimate of drug-likeness (QED) is 0.514. The van der Waals surface area contributed by atoms with Crippen LogP contribution in [0, 0.1) is 5.92 Å². The van der Waals surface area contributed by atoms with E-state index in [1.807, 2.05) is 6.21 Å². The summed E-state index contributed by atoms with van der Waals surface area (Å²) in [7, 11) is 0. The van der Waals surface area contributed by atoms with E-state index in [0.717, 1.165) is 11.7 Å². The molecule has 2 nitrogen and oxygen atoms in total. The van der Waals surface area contributed by atoms with Gasteiger partial charge in [0.15, 0.2) is 5.11 Å². The summed E-state index contributed by atoms with van der Waals surface area (Å²) in [6.45, 7) is 7.73. The predicted molar refractivity (Wildman–Crippen MR) is 65.9 cm³/mol. The Balaban J connectivity index is 2.44. The van der Waals surface area contributed by atoms with Crippen molar-refractivity contribution in [1.29, 1.82) is 0 Å². The molecule has 0 amide bonds. The molecule has 1 aliphatic heterocycles. The molecule has 0 aromatic carbocycles. The van der Waals surface area contributed by atoms with Crippen LogP contribution in [-0.4, -0.2) is 28.8 Å². The molecule has 0 N–H and O–H groups in total. The van der Waals surface area contributed by atoms with Gasteiger partial charge in [-0.25, -0.2) is 4.99 Å². The molecule has 0 aromatic heterocycles. The number of rotatable bonds is 5. The van der Waals surface area contributed by atoms with Crippen molar-refractivity contribution < 1.29 is 0 Å². The van der Waals surface area contributed by atoms with Gasteiger partial charge in [0, 0.05) is 12.8 Å². The van der Waals surface area contributed by atoms with Crippen LogP contribution in [0.5, 0.6) is 0 Å². The zero-order valence-electron chi connectivity index (χ0n) is 9.36. The first-order valence-electron chi connectivity index (χ1n) is 5.51. The van der Waals surface area contributed by atoms with Crippen molar-refractivity contribution in [3.05, 3.63) is 0 Å². The third kappa shape index (κ3) is 2.77. The molecule has 1 atom stereocenters. The predicted octanol–water partition coefficient (Wildman–Crippen LogP) is 2.87. The molecule has 1 rings (SSSR count). The molecule has 0 fully saturated rings. The fourth-order valence-electron chi connectivity index (χ4n) is 1.73. The first-order valence-corrected chi connectivity index (χ1v) is 5.92. The molecule has 0 saturated carbocycles. The average Bonchev–Trinajstić information content (AvgIpc) is 2.48. The Kier molecular flexibility index (Phi) is 4.52. The molecule has 1 aliphatic rings. The zero-order valence-corrected chi connectivity index (χ0v) is 10.2. The van der Waals surface area contributed by atoms with Crippen LogP contribution in [0.2, 0.25) is 0 Å². The van der Waals surface area contributed by atoms with Crippen LogP contribution in [0.25, 0.3) is 0 Å². The summed E-state index contributed by atoms with van der Waals surface area (Å²) in [5, 5.41) is 0.778. The largest absolute Gasteiger partial charge is 0.339 e. The van der Waals surface area contributed by atoms with Crippen LogP contribution >= 0.6 is 12.2 Å². The zero-order chi connectivity index (χ0) is 10.6. The van der Waals surface area contributed by atoms with E-state index in [1.165, 1.54) is 19.3 Å². The highest BCUT2D eigenvalue weighted by molar-refractivity contribution is 7.80. The van der Waals surface area contributed by atoms with Gasteiger partial charge in [-0.3, -0.25) is 0 Å². The summed E-state index contributed by atoms with van der Waals surface area (Å²) in [5.74, 6) is 0.598. The van der Waals surface area contributed by atoms with Gasteiger partial charge < -0.3 is 4.90 Å². The minimum absolute atomic E-state index is 0.430. The van der Waals surface area contributed by atoms with Crippen LogP contribution in [0.4, 0.5) is 0 Å². The van der Waals surface area contributed by atoms with Gasteiger partial charge in [0.2, 0.25) is 0 Å². The van der Waals surface area contributed by atoms with Crippen molar-refractivity contribution in [3.8, 4) is 0 Å². The minimum atomic E-state index is 0.430. The van der Waals surface area contributed by atoms with E-state index in [9.17, 15) is 0 Å². The molecule has 0 saturated heterocycles. The smallest absolute Gasteiger partial charge is 0.195 e. The summed E-state index contributed by atoms with van der Waals surface area (Å²) in [4.78, 5) is 6.49. The summed E-state index contributed by atoms with van der Waals surface area (Å²) < 4.78 is 0. The van der Waals surface area contributed by atoms with Crippen molar-refractivity contribution in [3.63, 3.8) is 0 Å². The van der Waals surface area contributed by atoms with Gasteiger partial charge in [-0.2, -0.15) is 0 Å². The van der Waals surface area contributed by atoms with E-state index in [1.54, 1.807) is 0 Å². The molecule has 0 radical (unpaired) electrons. The highest BCUT2D eigenvalue weighted by atomic mass is 32.1. The van der Waals surface area contributed by atoms with Gasteiger partial charge in [0.05, 0.1) is 6.04 Å². The number of unbranched alkanes of at least 4 members (excludes halogenated alkanes) is 2. The van der Waals surface area contributed by atoms with Crippen molar-refractivity contribution in [2.75, 3.05) is 6.54 Å². The minimum Gasteiger partial charge on any atom is -0.339 e. The number of nitrogens with zero attached hydrogens (tertiary/aromatic N) is 2. The third-order valence-electron chi connectivity index (χ3n) is 2.63. The van der Waals surface area contributed by atoms with Crippen LogP contribution in [0.3, 0.4) is 0 Å². The molecule has 0 bridgehead atoms. The van der Waals surface area contributed by atoms with Gasteiger partial charge in [0.1, 0.15) is 0 Å². The van der Waals surface area contributed by atoms with Crippen molar-refractivity contribution in [2.24, 2.45) is 10.9 Å². The normalized spacial score (nSPS) is 21.3. The van der Waals surface area contributed by atoms with Gasteiger partial charge >= 0.3 is 0 Å². The monoisotopic (exact) mass is 212 g/mol. The second-order valence-electron chi connectivity index (χ2n) is 4.20. The van der Waals surface area contributed by atoms with E-state index in [-0.39, 0.29) is 0 Å². The molecular formula is C11H20N2S. The Morgan fingerprint density at radius 3 is 2.79 bits per heavy atom. The molecule has 80 valence electrons. The summed E-state index contributed by atoms with van der Waals surface area (Å²) in [5.41, 5.74) is 0. The fourth-order valence-corrected chi connectivity index (χ4v) is 2.01. The van der Waals surface area contributed by atoms with Crippen LogP contribution in [0.15, 0.2) is 4.99 Å². The lowest BCUT2D eigenvalue weighted by Gasteiger charge is -2.27. The molecule has 0 aromatic rings. The Morgan fingerprint density at radius 1 is 1.50 bits per heavy atom. The van der Waals surface area contributed by atoms with E-state index < -0.39 is 0 Å². The molecule has 0 spiro atoms. The summed E-state index contributed by atoms with van der Waals surface area (Å²) in [6, 6.07) is 0.430. The first-order chi connectivity index (χ1) is 6.66. The Labute approximate surface area is 92.4 Å². The SMILES string of the molecule is CCCCCN1C(=S)N=CC1C(C)C. The van der Waals surface area contributed by atoms with Crippen LogP contribution in [0.1, 0.15) is 40.0 Å². The van der Waals surface area contributed by atoms with E-state index in [0.29, 0.717) is 12.0 Å². The van der Waals surface area contributed by atoms with Gasteiger partial charge in [-0.1, -0.05) is 33.6 Å². The highest BCUT2D eigenvalue weighted by Gasteiger charge is 2.26. The molecule has 0 aliphatic carbocycles. The van der Waals surface area contributed by atoms with E-state index in [4.69, 9.17) is 12.2 Å². The topological polar surface area (TPSA) is 15.6 Å². The second kappa shape index (κ2) is 5.44. The Bertz CT molecular complexity index is 223. The average molecular weight is 212 g/mol. The molecule has 1 heterocycles. The lowest BCUT2D eigenvalue weighted by atomic mass is 10.0. The number of thiocarbonyl (C=S) groups is 1. The first kappa shape index (κ1) is 11.6. The van der Waals surface area contributed by atoms with Crippen molar-refractivity contribution >= 4 is 23.5 Å². The van der Waals surface area contributed by atoms with E-state index >= 15 is 0 Å². The van der Waals surface area contributed by atoms with Gasteiger partial charge in [-0.15, -0.1) is 0 Å². The van der Waals surface area contributed by atoms with Crippen LogP contribution in [-0.2, 0) is 0 Å². The fraction of sp³-hybridized carbons (Fsp3) is 0.818. The number of hydrogen-bond donors (Lipinski definition) is 0.